The average molecular weight is 291 g/mol. The van der Waals surface area contributed by atoms with Crippen LogP contribution in [0.3, 0.4) is 0 Å². The van der Waals surface area contributed by atoms with Gasteiger partial charge in [0.05, 0.1) is 30.9 Å². The number of aliphatic hydroxyl groups excluding tert-OH is 1. The first-order valence-electron chi connectivity index (χ1n) is 8.20. The summed E-state index contributed by atoms with van der Waals surface area (Å²) in [7, 11) is 1.72. The van der Waals surface area contributed by atoms with Crippen LogP contribution in [0.1, 0.15) is 39.0 Å². The molecule has 1 saturated carbocycles. The summed E-state index contributed by atoms with van der Waals surface area (Å²) in [5.74, 6) is 2.15. The van der Waals surface area contributed by atoms with Gasteiger partial charge in [0, 0.05) is 18.5 Å². The molecule has 2 aliphatic heterocycles. The Labute approximate surface area is 126 Å². The Balaban J connectivity index is 1.81. The third-order valence-corrected chi connectivity index (χ3v) is 5.83. The highest BCUT2D eigenvalue weighted by molar-refractivity contribution is 5.38. The van der Waals surface area contributed by atoms with Crippen LogP contribution in [0.25, 0.3) is 0 Å². The Hall–Kier alpha value is -1.00. The van der Waals surface area contributed by atoms with Crippen molar-refractivity contribution < 1.29 is 14.7 Å². The SMILES string of the molecule is CON1C=CC23CC(C)CC[C@H]2OC2=C3[C@H](C[C@H](O)C2)C1. The van der Waals surface area contributed by atoms with E-state index in [2.05, 4.69) is 19.2 Å². The molecule has 2 heterocycles. The van der Waals surface area contributed by atoms with Crippen LogP contribution in [0.5, 0.6) is 0 Å². The van der Waals surface area contributed by atoms with Gasteiger partial charge in [0.25, 0.3) is 0 Å². The van der Waals surface area contributed by atoms with Crippen molar-refractivity contribution in [1.29, 1.82) is 0 Å². The fourth-order valence-corrected chi connectivity index (χ4v) is 5.02. The monoisotopic (exact) mass is 291 g/mol. The maximum atomic E-state index is 10.2. The second kappa shape index (κ2) is 4.75. The highest BCUT2D eigenvalue weighted by Crippen LogP contribution is 2.59. The van der Waals surface area contributed by atoms with Crippen molar-refractivity contribution in [3.63, 3.8) is 0 Å². The van der Waals surface area contributed by atoms with Crippen molar-refractivity contribution >= 4 is 0 Å². The molecule has 4 aliphatic rings. The van der Waals surface area contributed by atoms with Gasteiger partial charge in [0.15, 0.2) is 0 Å². The Morgan fingerprint density at radius 1 is 1.43 bits per heavy atom. The first-order valence-corrected chi connectivity index (χ1v) is 8.20. The summed E-state index contributed by atoms with van der Waals surface area (Å²) in [6.07, 6.45) is 9.45. The van der Waals surface area contributed by atoms with Crippen molar-refractivity contribution in [3.8, 4) is 0 Å². The van der Waals surface area contributed by atoms with Gasteiger partial charge < -0.3 is 9.84 Å². The van der Waals surface area contributed by atoms with Crippen LogP contribution >= 0.6 is 0 Å². The fraction of sp³-hybridized carbons (Fsp3) is 0.765. The molecule has 2 aliphatic carbocycles. The van der Waals surface area contributed by atoms with E-state index in [0.29, 0.717) is 12.3 Å². The van der Waals surface area contributed by atoms with Gasteiger partial charge in [0.2, 0.25) is 0 Å². The van der Waals surface area contributed by atoms with Gasteiger partial charge in [-0.15, -0.1) is 0 Å². The van der Waals surface area contributed by atoms with E-state index in [1.165, 1.54) is 12.0 Å². The zero-order valence-corrected chi connectivity index (χ0v) is 12.9. The van der Waals surface area contributed by atoms with Crippen molar-refractivity contribution in [1.82, 2.24) is 5.06 Å². The average Bonchev–Trinajstić information content (AvgIpc) is 2.67. The minimum absolute atomic E-state index is 0.0467. The maximum absolute atomic E-state index is 10.2. The maximum Gasteiger partial charge on any atom is 0.111 e. The molecule has 1 fully saturated rings. The molecule has 0 aromatic rings. The molecule has 2 unspecified atom stereocenters. The molecule has 5 atom stereocenters. The summed E-state index contributed by atoms with van der Waals surface area (Å²) in [6, 6.07) is 0. The molecule has 0 aromatic carbocycles. The second-order valence-electron chi connectivity index (χ2n) is 7.26. The Bertz CT molecular complexity index is 500. The normalized spacial score (nSPS) is 45.0. The van der Waals surface area contributed by atoms with Crippen LogP contribution in [0, 0.1) is 17.3 Å². The number of nitrogens with zero attached hydrogens (tertiary/aromatic N) is 1. The smallest absolute Gasteiger partial charge is 0.111 e. The van der Waals surface area contributed by atoms with Gasteiger partial charge in [-0.2, -0.15) is 0 Å². The molecular formula is C17H25NO3. The third-order valence-electron chi connectivity index (χ3n) is 5.83. The summed E-state index contributed by atoms with van der Waals surface area (Å²) >= 11 is 0. The van der Waals surface area contributed by atoms with E-state index in [1.807, 2.05) is 5.06 Å². The molecule has 4 nitrogen and oxygen atoms in total. The first-order chi connectivity index (χ1) is 10.1. The number of ether oxygens (including phenoxy) is 1. The van der Waals surface area contributed by atoms with E-state index in [9.17, 15) is 5.11 Å². The molecule has 0 radical (unpaired) electrons. The summed E-state index contributed by atoms with van der Waals surface area (Å²) in [6.45, 7) is 3.16. The van der Waals surface area contributed by atoms with Gasteiger partial charge in [0.1, 0.15) is 6.10 Å². The topological polar surface area (TPSA) is 41.9 Å². The molecule has 4 rings (SSSR count). The van der Waals surface area contributed by atoms with Gasteiger partial charge >= 0.3 is 0 Å². The summed E-state index contributed by atoms with van der Waals surface area (Å²) in [4.78, 5) is 5.47. The zero-order chi connectivity index (χ0) is 14.6. The lowest BCUT2D eigenvalue weighted by molar-refractivity contribution is -0.0967. The second-order valence-corrected chi connectivity index (χ2v) is 7.26. The van der Waals surface area contributed by atoms with Gasteiger partial charge in [-0.1, -0.05) is 13.0 Å². The zero-order valence-electron chi connectivity index (χ0n) is 12.9. The molecular weight excluding hydrogens is 266 g/mol. The quantitative estimate of drug-likeness (QED) is 0.806. The summed E-state index contributed by atoms with van der Waals surface area (Å²) < 4.78 is 6.33. The van der Waals surface area contributed by atoms with Crippen molar-refractivity contribution in [2.45, 2.75) is 51.2 Å². The summed E-state index contributed by atoms with van der Waals surface area (Å²) in [5.41, 5.74) is 1.52. The summed E-state index contributed by atoms with van der Waals surface area (Å²) in [5, 5.41) is 12.1. The molecule has 116 valence electrons. The molecule has 1 N–H and O–H groups in total. The van der Waals surface area contributed by atoms with Crippen molar-refractivity contribution in [2.24, 2.45) is 17.3 Å². The fourth-order valence-electron chi connectivity index (χ4n) is 5.02. The predicted molar refractivity (Wildman–Crippen MR) is 78.9 cm³/mol. The first kappa shape index (κ1) is 13.6. The van der Waals surface area contributed by atoms with Gasteiger partial charge in [-0.25, -0.2) is 0 Å². The standard InChI is InChI=1S/C17H25NO3/c1-11-3-4-15-17(9-11)5-6-18(20-2)10-12-7-13(19)8-14(21-15)16(12)17/h5-6,11-13,15,19H,3-4,7-10H2,1-2H3/t11?,12-,13+,15-,17?/m1/s1. The van der Waals surface area contributed by atoms with Crippen molar-refractivity contribution in [3.05, 3.63) is 23.6 Å². The number of hydrogen-bond acceptors (Lipinski definition) is 4. The molecule has 0 bridgehead atoms. The van der Waals surface area contributed by atoms with E-state index in [0.717, 1.165) is 37.5 Å². The lowest BCUT2D eigenvalue weighted by Crippen LogP contribution is -2.40. The van der Waals surface area contributed by atoms with Gasteiger partial charge in [-0.3, -0.25) is 9.90 Å². The Morgan fingerprint density at radius 2 is 2.29 bits per heavy atom. The van der Waals surface area contributed by atoms with E-state index in [1.54, 1.807) is 7.11 Å². The van der Waals surface area contributed by atoms with Crippen LogP contribution in [0.4, 0.5) is 0 Å². The van der Waals surface area contributed by atoms with Crippen LogP contribution < -0.4 is 0 Å². The van der Waals surface area contributed by atoms with E-state index >= 15 is 0 Å². The predicted octanol–water partition coefficient (Wildman–Crippen LogP) is 2.61. The molecule has 21 heavy (non-hydrogen) atoms. The minimum atomic E-state index is -0.278. The molecule has 0 amide bonds. The van der Waals surface area contributed by atoms with E-state index in [4.69, 9.17) is 9.57 Å². The Morgan fingerprint density at radius 3 is 3.10 bits per heavy atom. The number of hydroxylamine groups is 2. The highest BCUT2D eigenvalue weighted by Gasteiger charge is 2.55. The van der Waals surface area contributed by atoms with E-state index in [-0.39, 0.29) is 17.6 Å². The Kier molecular flexibility index (Phi) is 3.09. The molecule has 0 aromatic heterocycles. The highest BCUT2D eigenvalue weighted by atomic mass is 16.7. The van der Waals surface area contributed by atoms with Crippen LogP contribution in [0.15, 0.2) is 23.6 Å². The molecule has 0 saturated heterocycles. The number of rotatable bonds is 1. The third kappa shape index (κ3) is 1.95. The van der Waals surface area contributed by atoms with Crippen LogP contribution in [-0.4, -0.2) is 36.0 Å². The van der Waals surface area contributed by atoms with E-state index < -0.39 is 0 Å². The molecule has 4 heteroatoms. The van der Waals surface area contributed by atoms with Gasteiger partial charge in [-0.05, 0) is 37.2 Å². The minimum Gasteiger partial charge on any atom is -0.493 e. The molecule has 1 spiro atoms. The number of hydrogen-bond donors (Lipinski definition) is 1. The largest absolute Gasteiger partial charge is 0.493 e. The lowest BCUT2D eigenvalue weighted by Gasteiger charge is -2.41. The van der Waals surface area contributed by atoms with Crippen LogP contribution in [0.2, 0.25) is 0 Å². The lowest BCUT2D eigenvalue weighted by atomic mass is 9.61. The van der Waals surface area contributed by atoms with Crippen molar-refractivity contribution in [2.75, 3.05) is 13.7 Å². The number of aliphatic hydroxyl groups is 1. The van der Waals surface area contributed by atoms with Crippen LogP contribution in [-0.2, 0) is 9.57 Å².